The molecule has 3 aliphatic rings. The molecule has 0 aliphatic carbocycles. The van der Waals surface area contributed by atoms with Crippen molar-refractivity contribution in [1.29, 1.82) is 0 Å². The predicted molar refractivity (Wildman–Crippen MR) is 152 cm³/mol. The van der Waals surface area contributed by atoms with Gasteiger partial charge >= 0.3 is 5.97 Å². The zero-order valence-corrected chi connectivity index (χ0v) is 23.0. The first-order valence-electron chi connectivity index (χ1n) is 13.0. The van der Waals surface area contributed by atoms with E-state index in [9.17, 15) is 19.5 Å². The van der Waals surface area contributed by atoms with Crippen LogP contribution in [0.15, 0.2) is 79.9 Å². The normalized spacial score (nSPS) is 27.6. The van der Waals surface area contributed by atoms with Gasteiger partial charge in [0, 0.05) is 22.5 Å². The summed E-state index contributed by atoms with van der Waals surface area (Å²) >= 11 is 7.67. The van der Waals surface area contributed by atoms with Crippen molar-refractivity contribution in [3.63, 3.8) is 0 Å². The van der Waals surface area contributed by atoms with E-state index in [1.54, 1.807) is 47.0 Å². The number of anilines is 1. The molecule has 2 aromatic carbocycles. The van der Waals surface area contributed by atoms with Crippen LogP contribution in [0.25, 0.3) is 0 Å². The molecule has 7 nitrogen and oxygen atoms in total. The number of nitrogens with zero attached hydrogens (tertiary/aromatic N) is 2. The fourth-order valence-electron chi connectivity index (χ4n) is 6.46. The lowest BCUT2D eigenvalue weighted by Crippen LogP contribution is -2.56. The number of hydrogen-bond donors (Lipinski definition) is 1. The first-order valence-corrected chi connectivity index (χ1v) is 14.2. The Hall–Kier alpha value is -3.07. The number of halogens is 1. The standard InChI is InChI=1S/C30H31ClN2O5S/c1-3-16-32(21-12-10-20(31)11-13-21)28(36)26-30-15-14-23(39-30)24(29(37)38-17-4-2)25(30)27(35)33(26)22(18-34)19-8-6-5-7-9-19/h3-13,22-26,34H,1-2,14-18H2/t22-,23-,24+,25+,26?,30?/m1/s1. The highest BCUT2D eigenvalue weighted by atomic mass is 35.5. The molecule has 3 aliphatic heterocycles. The van der Waals surface area contributed by atoms with Crippen molar-refractivity contribution in [2.24, 2.45) is 11.8 Å². The van der Waals surface area contributed by atoms with Gasteiger partial charge in [-0.3, -0.25) is 14.4 Å². The highest BCUT2D eigenvalue weighted by Crippen LogP contribution is 2.67. The summed E-state index contributed by atoms with van der Waals surface area (Å²) < 4.78 is 4.61. The Bertz CT molecular complexity index is 1270. The molecule has 0 radical (unpaired) electrons. The van der Waals surface area contributed by atoms with Gasteiger partial charge in [0.05, 0.1) is 29.2 Å². The molecule has 39 heavy (non-hydrogen) atoms. The number of aliphatic hydroxyl groups excluding tert-OH is 1. The number of ether oxygens (including phenoxy) is 1. The minimum Gasteiger partial charge on any atom is -0.461 e. The lowest BCUT2D eigenvalue weighted by Gasteiger charge is -2.39. The van der Waals surface area contributed by atoms with E-state index in [1.165, 1.54) is 11.0 Å². The van der Waals surface area contributed by atoms with Gasteiger partial charge in [0.15, 0.2) is 0 Å². The smallest absolute Gasteiger partial charge is 0.311 e. The summed E-state index contributed by atoms with van der Waals surface area (Å²) in [6.07, 6.45) is 4.43. The highest BCUT2D eigenvalue weighted by Gasteiger charge is 2.75. The SMILES string of the molecule is C=CCOC(=O)[C@@H]1[C@H]2C(=O)N([C@H](CO)c3ccccc3)C(C(=O)N(CC=C)c3ccc(Cl)cc3)C23CC[C@H]1S3. The van der Waals surface area contributed by atoms with Crippen molar-refractivity contribution >= 4 is 46.8 Å². The lowest BCUT2D eigenvalue weighted by atomic mass is 9.71. The van der Waals surface area contributed by atoms with Crippen molar-refractivity contribution in [3.05, 3.63) is 90.5 Å². The third-order valence-electron chi connectivity index (χ3n) is 8.00. The molecule has 204 valence electrons. The van der Waals surface area contributed by atoms with Gasteiger partial charge in [-0.25, -0.2) is 0 Å². The summed E-state index contributed by atoms with van der Waals surface area (Å²) in [4.78, 5) is 45.4. The molecule has 3 heterocycles. The van der Waals surface area contributed by atoms with E-state index >= 15 is 0 Å². The van der Waals surface area contributed by atoms with Crippen molar-refractivity contribution in [3.8, 4) is 0 Å². The number of rotatable bonds is 10. The van der Waals surface area contributed by atoms with Crippen molar-refractivity contribution in [2.45, 2.75) is 34.9 Å². The summed E-state index contributed by atoms with van der Waals surface area (Å²) in [6.45, 7) is 7.37. The van der Waals surface area contributed by atoms with Crippen LogP contribution < -0.4 is 4.90 Å². The molecular formula is C30H31ClN2O5S. The summed E-state index contributed by atoms with van der Waals surface area (Å²) in [5.41, 5.74) is 1.34. The maximum absolute atomic E-state index is 14.6. The number of likely N-dealkylation sites (tertiary alicyclic amines) is 1. The quantitative estimate of drug-likeness (QED) is 0.338. The number of carbonyl (C=O) groups is 3. The molecule has 2 aromatic rings. The number of carbonyl (C=O) groups excluding carboxylic acids is 3. The molecule has 0 saturated carbocycles. The van der Waals surface area contributed by atoms with Crippen LogP contribution in [0, 0.1) is 11.8 Å². The van der Waals surface area contributed by atoms with Crippen molar-refractivity contribution in [1.82, 2.24) is 4.90 Å². The van der Waals surface area contributed by atoms with Gasteiger partial charge in [-0.1, -0.05) is 60.7 Å². The Morgan fingerprint density at radius 2 is 1.90 bits per heavy atom. The number of fused-ring (bicyclic) bond motifs is 1. The van der Waals surface area contributed by atoms with Gasteiger partial charge in [-0.2, -0.15) is 0 Å². The molecule has 3 fully saturated rings. The highest BCUT2D eigenvalue weighted by molar-refractivity contribution is 8.02. The second-order valence-electron chi connectivity index (χ2n) is 10.0. The maximum Gasteiger partial charge on any atom is 0.311 e. The van der Waals surface area contributed by atoms with Crippen LogP contribution in [0.3, 0.4) is 0 Å². The van der Waals surface area contributed by atoms with Gasteiger partial charge in [0.2, 0.25) is 5.91 Å². The fourth-order valence-corrected chi connectivity index (χ4v) is 8.77. The van der Waals surface area contributed by atoms with Crippen LogP contribution in [-0.4, -0.2) is 63.6 Å². The number of thioether (sulfide) groups is 1. The topological polar surface area (TPSA) is 87.1 Å². The van der Waals surface area contributed by atoms with E-state index in [4.69, 9.17) is 16.3 Å². The lowest BCUT2D eigenvalue weighted by molar-refractivity contribution is -0.153. The number of esters is 1. The molecule has 1 spiro atoms. The van der Waals surface area contributed by atoms with E-state index in [2.05, 4.69) is 13.2 Å². The van der Waals surface area contributed by atoms with Gasteiger partial charge in [-0.05, 0) is 42.7 Å². The molecule has 3 saturated heterocycles. The Morgan fingerprint density at radius 3 is 2.54 bits per heavy atom. The minimum absolute atomic E-state index is 0.0552. The Labute approximate surface area is 237 Å². The second kappa shape index (κ2) is 11.2. The van der Waals surface area contributed by atoms with Gasteiger partial charge in [0.25, 0.3) is 5.91 Å². The first-order chi connectivity index (χ1) is 18.9. The van der Waals surface area contributed by atoms with Gasteiger partial charge in [0.1, 0.15) is 12.6 Å². The van der Waals surface area contributed by atoms with Crippen molar-refractivity contribution in [2.75, 3.05) is 24.7 Å². The monoisotopic (exact) mass is 566 g/mol. The second-order valence-corrected chi connectivity index (χ2v) is 12.1. The van der Waals surface area contributed by atoms with Crippen LogP contribution in [0.2, 0.25) is 5.02 Å². The maximum atomic E-state index is 14.6. The molecule has 0 aromatic heterocycles. The predicted octanol–water partition coefficient (Wildman–Crippen LogP) is 4.41. The largest absolute Gasteiger partial charge is 0.461 e. The van der Waals surface area contributed by atoms with Crippen LogP contribution in [0.5, 0.6) is 0 Å². The van der Waals surface area contributed by atoms with E-state index in [1.807, 2.05) is 30.3 Å². The summed E-state index contributed by atoms with van der Waals surface area (Å²) in [5.74, 6) is -2.44. The fraction of sp³-hybridized carbons (Fsp3) is 0.367. The third-order valence-corrected chi connectivity index (χ3v) is 10.2. The molecule has 6 atom stereocenters. The minimum atomic E-state index is -0.907. The van der Waals surface area contributed by atoms with E-state index in [-0.39, 0.29) is 36.8 Å². The summed E-state index contributed by atoms with van der Waals surface area (Å²) in [5, 5.41) is 11.0. The van der Waals surface area contributed by atoms with Crippen LogP contribution in [0.4, 0.5) is 5.69 Å². The molecule has 1 N–H and O–H groups in total. The zero-order chi connectivity index (χ0) is 27.7. The van der Waals surface area contributed by atoms with E-state index < -0.39 is 34.6 Å². The number of amides is 2. The van der Waals surface area contributed by atoms with Gasteiger partial charge < -0.3 is 19.6 Å². The number of benzene rings is 2. The van der Waals surface area contributed by atoms with E-state index in [0.717, 1.165) is 5.56 Å². The third kappa shape index (κ3) is 4.58. The number of hydrogen-bond acceptors (Lipinski definition) is 6. The molecular weight excluding hydrogens is 536 g/mol. The molecule has 2 amide bonds. The summed E-state index contributed by atoms with van der Waals surface area (Å²) in [7, 11) is 0. The van der Waals surface area contributed by atoms with Gasteiger partial charge in [-0.15, -0.1) is 18.3 Å². The Kier molecular flexibility index (Phi) is 7.89. The molecule has 2 unspecified atom stereocenters. The summed E-state index contributed by atoms with van der Waals surface area (Å²) in [6, 6.07) is 14.5. The number of aliphatic hydroxyl groups is 1. The Morgan fingerprint density at radius 1 is 1.18 bits per heavy atom. The van der Waals surface area contributed by atoms with E-state index in [0.29, 0.717) is 23.6 Å². The first kappa shape index (κ1) is 27.5. The molecule has 5 rings (SSSR count). The average Bonchev–Trinajstić information content (AvgIpc) is 3.59. The Balaban J connectivity index is 1.63. The molecule has 2 bridgehead atoms. The zero-order valence-electron chi connectivity index (χ0n) is 21.4. The molecule has 9 heteroatoms. The average molecular weight is 567 g/mol. The van der Waals surface area contributed by atoms with Crippen LogP contribution in [0.1, 0.15) is 24.4 Å². The van der Waals surface area contributed by atoms with Crippen LogP contribution >= 0.6 is 23.4 Å². The van der Waals surface area contributed by atoms with Crippen LogP contribution in [-0.2, 0) is 19.1 Å². The van der Waals surface area contributed by atoms with Crippen molar-refractivity contribution < 1.29 is 24.2 Å².